The van der Waals surface area contributed by atoms with Crippen molar-refractivity contribution in [2.24, 2.45) is 5.10 Å². The van der Waals surface area contributed by atoms with E-state index >= 15 is 0 Å². The largest absolute Gasteiger partial charge is 0.374 e. The number of para-hydroxylation sites is 2. The fraction of sp³-hybridized carbons (Fsp3) is 0.158. The van der Waals surface area contributed by atoms with E-state index in [-0.39, 0.29) is 11.9 Å². The molecule has 0 saturated heterocycles. The van der Waals surface area contributed by atoms with E-state index in [9.17, 15) is 4.79 Å². The predicted molar refractivity (Wildman–Crippen MR) is 98.2 cm³/mol. The summed E-state index contributed by atoms with van der Waals surface area (Å²) in [4.78, 5) is 15.5. The van der Waals surface area contributed by atoms with Crippen LogP contribution in [-0.2, 0) is 4.79 Å². The van der Waals surface area contributed by atoms with Gasteiger partial charge in [-0.25, -0.2) is 5.43 Å². The normalized spacial score (nSPS) is 12.4. The molecule has 1 amide bonds. The van der Waals surface area contributed by atoms with Gasteiger partial charge in [-0.05, 0) is 24.6 Å². The molecule has 1 heterocycles. The molecule has 1 aromatic heterocycles. The summed E-state index contributed by atoms with van der Waals surface area (Å²) in [5.41, 5.74) is 5.51. The lowest BCUT2D eigenvalue weighted by Gasteiger charge is -2.16. The molecule has 0 aliphatic carbocycles. The van der Waals surface area contributed by atoms with Crippen LogP contribution in [0.3, 0.4) is 0 Å². The number of hydrogen-bond donors (Lipinski definition) is 3. The third kappa shape index (κ3) is 3.63. The highest BCUT2D eigenvalue weighted by Crippen LogP contribution is 2.15. The first kappa shape index (κ1) is 15.8. The zero-order valence-electron chi connectivity index (χ0n) is 13.5. The fourth-order valence-corrected chi connectivity index (χ4v) is 2.53. The second-order valence-corrected chi connectivity index (χ2v) is 5.50. The van der Waals surface area contributed by atoms with E-state index in [1.165, 1.54) is 0 Å². The molecule has 3 aromatic rings. The van der Waals surface area contributed by atoms with Crippen LogP contribution >= 0.6 is 0 Å². The van der Waals surface area contributed by atoms with E-state index in [1.807, 2.05) is 67.7 Å². The average molecular weight is 320 g/mol. The second-order valence-electron chi connectivity index (χ2n) is 5.50. The molecule has 5 heteroatoms. The van der Waals surface area contributed by atoms with E-state index in [1.54, 1.807) is 6.21 Å². The second kappa shape index (κ2) is 7.46. The Kier molecular flexibility index (Phi) is 4.91. The standard InChI is InChI=1S/C19H20N4O/c1-2-17(22-15-8-4-3-5-9-15)19(24)23-21-13-14-12-20-18-11-7-6-10-16(14)18/h3-13,17,20,22H,2H2,1H3,(H,23,24)/b21-13-/t17-/m0/s1. The number of aromatic amines is 1. The van der Waals surface area contributed by atoms with Crippen molar-refractivity contribution >= 4 is 28.7 Å². The molecule has 0 spiro atoms. The van der Waals surface area contributed by atoms with Gasteiger partial charge in [-0.3, -0.25) is 4.79 Å². The van der Waals surface area contributed by atoms with Gasteiger partial charge in [-0.15, -0.1) is 0 Å². The van der Waals surface area contributed by atoms with Crippen molar-refractivity contribution < 1.29 is 4.79 Å². The van der Waals surface area contributed by atoms with Crippen LogP contribution in [-0.4, -0.2) is 23.1 Å². The van der Waals surface area contributed by atoms with E-state index < -0.39 is 0 Å². The Bertz CT molecular complexity index is 839. The maximum atomic E-state index is 12.3. The number of carbonyl (C=O) groups is 1. The summed E-state index contributed by atoms with van der Waals surface area (Å²) in [6.45, 7) is 1.96. The van der Waals surface area contributed by atoms with E-state index in [0.29, 0.717) is 6.42 Å². The molecule has 0 unspecified atom stereocenters. The van der Waals surface area contributed by atoms with Crippen molar-refractivity contribution in [1.29, 1.82) is 0 Å². The number of amides is 1. The number of anilines is 1. The summed E-state index contributed by atoms with van der Waals surface area (Å²) in [5.74, 6) is -0.155. The number of fused-ring (bicyclic) bond motifs is 1. The van der Waals surface area contributed by atoms with Gasteiger partial charge in [0.2, 0.25) is 0 Å². The monoisotopic (exact) mass is 320 g/mol. The predicted octanol–water partition coefficient (Wildman–Crippen LogP) is 3.51. The molecule has 0 bridgehead atoms. The Hall–Kier alpha value is -3.08. The van der Waals surface area contributed by atoms with Gasteiger partial charge in [0.15, 0.2) is 0 Å². The highest BCUT2D eigenvalue weighted by atomic mass is 16.2. The van der Waals surface area contributed by atoms with E-state index in [4.69, 9.17) is 0 Å². The highest BCUT2D eigenvalue weighted by molar-refractivity contribution is 5.99. The van der Waals surface area contributed by atoms with Crippen LogP contribution < -0.4 is 10.7 Å². The molecule has 0 aliphatic heterocycles. The Labute approximate surface area is 140 Å². The Morgan fingerprint density at radius 1 is 1.17 bits per heavy atom. The average Bonchev–Trinajstić information content (AvgIpc) is 3.04. The lowest BCUT2D eigenvalue weighted by Crippen LogP contribution is -2.36. The first-order chi connectivity index (χ1) is 11.8. The molecule has 3 rings (SSSR count). The number of nitrogens with zero attached hydrogens (tertiary/aromatic N) is 1. The van der Waals surface area contributed by atoms with Crippen LogP contribution in [0.25, 0.3) is 10.9 Å². The summed E-state index contributed by atoms with van der Waals surface area (Å²) in [5, 5.41) is 8.37. The smallest absolute Gasteiger partial charge is 0.262 e. The molecule has 24 heavy (non-hydrogen) atoms. The molecule has 1 atom stereocenters. The Balaban J connectivity index is 1.63. The van der Waals surface area contributed by atoms with Crippen LogP contribution in [0.5, 0.6) is 0 Å². The molecule has 0 saturated carbocycles. The number of hydrazone groups is 1. The van der Waals surface area contributed by atoms with Crippen LogP contribution in [0.15, 0.2) is 65.9 Å². The molecule has 0 aliphatic rings. The van der Waals surface area contributed by atoms with Crippen molar-refractivity contribution in [2.75, 3.05) is 5.32 Å². The molecular weight excluding hydrogens is 300 g/mol. The van der Waals surface area contributed by atoms with Gasteiger partial charge in [-0.2, -0.15) is 5.10 Å². The lowest BCUT2D eigenvalue weighted by molar-refractivity contribution is -0.121. The van der Waals surface area contributed by atoms with E-state index in [0.717, 1.165) is 22.2 Å². The van der Waals surface area contributed by atoms with Gasteiger partial charge < -0.3 is 10.3 Å². The minimum atomic E-state index is -0.326. The van der Waals surface area contributed by atoms with Gasteiger partial charge in [0.25, 0.3) is 5.91 Å². The topological polar surface area (TPSA) is 69.3 Å². The zero-order chi connectivity index (χ0) is 16.8. The molecule has 5 nitrogen and oxygen atoms in total. The molecular formula is C19H20N4O. The van der Waals surface area contributed by atoms with Crippen LogP contribution in [0, 0.1) is 0 Å². The highest BCUT2D eigenvalue weighted by Gasteiger charge is 2.15. The molecule has 3 N–H and O–H groups in total. The summed E-state index contributed by atoms with van der Waals surface area (Å²) in [7, 11) is 0. The Morgan fingerprint density at radius 3 is 2.71 bits per heavy atom. The lowest BCUT2D eigenvalue weighted by atomic mass is 10.2. The zero-order valence-corrected chi connectivity index (χ0v) is 13.5. The fourth-order valence-electron chi connectivity index (χ4n) is 2.53. The quantitative estimate of drug-likeness (QED) is 0.480. The minimum absolute atomic E-state index is 0.155. The van der Waals surface area contributed by atoms with Gasteiger partial charge in [0.1, 0.15) is 6.04 Å². The van der Waals surface area contributed by atoms with Gasteiger partial charge in [0.05, 0.1) is 6.21 Å². The van der Waals surface area contributed by atoms with Crippen LogP contribution in [0.1, 0.15) is 18.9 Å². The summed E-state index contributed by atoms with van der Waals surface area (Å²) >= 11 is 0. The third-order valence-electron chi connectivity index (χ3n) is 3.84. The number of carbonyl (C=O) groups excluding carboxylic acids is 1. The van der Waals surface area contributed by atoms with Crippen LogP contribution in [0.2, 0.25) is 0 Å². The maximum Gasteiger partial charge on any atom is 0.262 e. The summed E-state index contributed by atoms with van der Waals surface area (Å²) in [6, 6.07) is 17.3. The molecule has 2 aromatic carbocycles. The third-order valence-corrected chi connectivity index (χ3v) is 3.84. The van der Waals surface area contributed by atoms with Crippen molar-refractivity contribution in [3.63, 3.8) is 0 Å². The molecule has 0 fully saturated rings. The maximum absolute atomic E-state index is 12.3. The minimum Gasteiger partial charge on any atom is -0.374 e. The van der Waals surface area contributed by atoms with Crippen molar-refractivity contribution in [3.8, 4) is 0 Å². The number of benzene rings is 2. The molecule has 0 radical (unpaired) electrons. The number of H-pyrrole nitrogens is 1. The van der Waals surface area contributed by atoms with E-state index in [2.05, 4.69) is 20.8 Å². The van der Waals surface area contributed by atoms with Gasteiger partial charge in [0, 0.05) is 28.4 Å². The van der Waals surface area contributed by atoms with Crippen molar-refractivity contribution in [1.82, 2.24) is 10.4 Å². The Morgan fingerprint density at radius 2 is 1.92 bits per heavy atom. The number of aromatic nitrogens is 1. The van der Waals surface area contributed by atoms with Crippen molar-refractivity contribution in [2.45, 2.75) is 19.4 Å². The first-order valence-corrected chi connectivity index (χ1v) is 7.98. The van der Waals surface area contributed by atoms with Gasteiger partial charge >= 0.3 is 0 Å². The number of hydrogen-bond acceptors (Lipinski definition) is 3. The first-order valence-electron chi connectivity index (χ1n) is 7.98. The molecule has 122 valence electrons. The number of rotatable bonds is 6. The number of nitrogens with one attached hydrogen (secondary N) is 3. The van der Waals surface area contributed by atoms with Gasteiger partial charge in [-0.1, -0.05) is 43.3 Å². The van der Waals surface area contributed by atoms with Crippen LogP contribution in [0.4, 0.5) is 5.69 Å². The summed E-state index contributed by atoms with van der Waals surface area (Å²) in [6.07, 6.45) is 4.20. The van der Waals surface area contributed by atoms with Crippen molar-refractivity contribution in [3.05, 3.63) is 66.4 Å². The summed E-state index contributed by atoms with van der Waals surface area (Å²) < 4.78 is 0. The SMILES string of the molecule is CC[C@H](Nc1ccccc1)C(=O)N/N=C\c1c[nH]c2ccccc12.